The predicted molar refractivity (Wildman–Crippen MR) is 86.1 cm³/mol. The molecule has 1 unspecified atom stereocenters. The van der Waals surface area contributed by atoms with E-state index in [9.17, 15) is 0 Å². The molecule has 1 atom stereocenters. The number of halogens is 1. The lowest BCUT2D eigenvalue weighted by atomic mass is 10.0. The Balaban J connectivity index is 2.33. The topological polar surface area (TPSA) is 39.1 Å². The van der Waals surface area contributed by atoms with Gasteiger partial charge in [0.2, 0.25) is 0 Å². The largest absolute Gasteiger partial charge is 0.496 e. The van der Waals surface area contributed by atoms with E-state index < -0.39 is 0 Å². The number of aryl methyl sites for hydroxylation is 2. The molecule has 1 N–H and O–H groups in total. The van der Waals surface area contributed by atoms with Crippen LogP contribution in [-0.4, -0.2) is 23.9 Å². The summed E-state index contributed by atoms with van der Waals surface area (Å²) in [6.07, 6.45) is 0.835. The predicted octanol–water partition coefficient (Wildman–Crippen LogP) is 3.38. The van der Waals surface area contributed by atoms with Crippen LogP contribution < -0.4 is 10.1 Å². The van der Waals surface area contributed by atoms with Crippen molar-refractivity contribution in [3.63, 3.8) is 0 Å². The third-order valence-corrected chi connectivity index (χ3v) is 3.85. The fourth-order valence-corrected chi connectivity index (χ4v) is 2.77. The van der Waals surface area contributed by atoms with Gasteiger partial charge < -0.3 is 10.1 Å². The van der Waals surface area contributed by atoms with Gasteiger partial charge in [-0.25, -0.2) is 0 Å². The van der Waals surface area contributed by atoms with E-state index in [0.717, 1.165) is 30.0 Å². The molecule has 114 valence electrons. The van der Waals surface area contributed by atoms with Gasteiger partial charge in [-0.05, 0) is 45.2 Å². The van der Waals surface area contributed by atoms with Gasteiger partial charge in [0, 0.05) is 35.3 Å². The SMILES string of the molecule is CCn1nc(C)cc1CC(NC)c1cc(Cl)ccc1OC. The van der Waals surface area contributed by atoms with Gasteiger partial charge >= 0.3 is 0 Å². The zero-order valence-electron chi connectivity index (χ0n) is 13.0. The molecule has 4 nitrogen and oxygen atoms in total. The smallest absolute Gasteiger partial charge is 0.123 e. The molecule has 1 aromatic carbocycles. The quantitative estimate of drug-likeness (QED) is 0.889. The first-order valence-electron chi connectivity index (χ1n) is 7.13. The molecule has 0 bridgehead atoms. The van der Waals surface area contributed by atoms with Gasteiger partial charge in [0.05, 0.1) is 12.8 Å². The third kappa shape index (κ3) is 3.57. The minimum Gasteiger partial charge on any atom is -0.496 e. The summed E-state index contributed by atoms with van der Waals surface area (Å²) in [5.74, 6) is 0.845. The lowest BCUT2D eigenvalue weighted by Crippen LogP contribution is -2.21. The second-order valence-electron chi connectivity index (χ2n) is 5.02. The van der Waals surface area contributed by atoms with Crippen molar-refractivity contribution in [2.45, 2.75) is 32.9 Å². The van der Waals surface area contributed by atoms with E-state index in [1.165, 1.54) is 5.69 Å². The summed E-state index contributed by atoms with van der Waals surface area (Å²) in [5.41, 5.74) is 3.31. The van der Waals surface area contributed by atoms with Gasteiger partial charge in [-0.3, -0.25) is 4.68 Å². The third-order valence-electron chi connectivity index (χ3n) is 3.61. The van der Waals surface area contributed by atoms with Crippen LogP contribution in [0.3, 0.4) is 0 Å². The number of hydrogen-bond acceptors (Lipinski definition) is 3. The highest BCUT2D eigenvalue weighted by Gasteiger charge is 2.18. The van der Waals surface area contributed by atoms with Crippen molar-refractivity contribution >= 4 is 11.6 Å². The van der Waals surface area contributed by atoms with E-state index in [-0.39, 0.29) is 6.04 Å². The first-order chi connectivity index (χ1) is 10.1. The normalized spacial score (nSPS) is 12.4. The molecule has 1 aromatic heterocycles. The molecule has 0 aliphatic rings. The maximum Gasteiger partial charge on any atom is 0.123 e. The van der Waals surface area contributed by atoms with E-state index in [1.54, 1.807) is 7.11 Å². The highest BCUT2D eigenvalue weighted by atomic mass is 35.5. The molecule has 1 heterocycles. The molecule has 0 aliphatic heterocycles. The molecular weight excluding hydrogens is 286 g/mol. The molecule has 2 rings (SSSR count). The van der Waals surface area contributed by atoms with E-state index in [0.29, 0.717) is 5.02 Å². The maximum atomic E-state index is 6.14. The summed E-state index contributed by atoms with van der Waals surface area (Å²) in [6, 6.07) is 7.97. The second-order valence-corrected chi connectivity index (χ2v) is 5.46. The molecule has 0 aliphatic carbocycles. The first kappa shape index (κ1) is 15.9. The van der Waals surface area contributed by atoms with Gasteiger partial charge in [0.15, 0.2) is 0 Å². The Hall–Kier alpha value is -1.52. The summed E-state index contributed by atoms with van der Waals surface area (Å²) < 4.78 is 7.50. The lowest BCUT2D eigenvalue weighted by molar-refractivity contribution is 0.400. The first-order valence-corrected chi connectivity index (χ1v) is 7.50. The van der Waals surface area contributed by atoms with Crippen LogP contribution in [0.4, 0.5) is 0 Å². The minimum atomic E-state index is 0.125. The molecule has 5 heteroatoms. The minimum absolute atomic E-state index is 0.125. The Morgan fingerprint density at radius 3 is 2.76 bits per heavy atom. The highest BCUT2D eigenvalue weighted by Crippen LogP contribution is 2.30. The summed E-state index contributed by atoms with van der Waals surface area (Å²) in [4.78, 5) is 0. The summed E-state index contributed by atoms with van der Waals surface area (Å²) >= 11 is 6.14. The molecule has 2 aromatic rings. The monoisotopic (exact) mass is 307 g/mol. The van der Waals surface area contributed by atoms with Gasteiger partial charge in [-0.2, -0.15) is 5.10 Å². The van der Waals surface area contributed by atoms with Gasteiger partial charge in [-0.15, -0.1) is 0 Å². The molecular formula is C16H22ClN3O. The molecule has 0 spiro atoms. The van der Waals surface area contributed by atoms with Crippen LogP contribution >= 0.6 is 11.6 Å². The van der Waals surface area contributed by atoms with Crippen LogP contribution in [0.5, 0.6) is 5.75 Å². The summed E-state index contributed by atoms with van der Waals surface area (Å²) in [6.45, 7) is 4.99. The van der Waals surface area contributed by atoms with Crippen LogP contribution in [0.25, 0.3) is 0 Å². The van der Waals surface area contributed by atoms with E-state index in [4.69, 9.17) is 16.3 Å². The van der Waals surface area contributed by atoms with E-state index in [2.05, 4.69) is 23.4 Å². The Morgan fingerprint density at radius 2 is 2.14 bits per heavy atom. The van der Waals surface area contributed by atoms with Gasteiger partial charge in [0.25, 0.3) is 0 Å². The van der Waals surface area contributed by atoms with Crippen molar-refractivity contribution in [3.8, 4) is 5.75 Å². The van der Waals surface area contributed by atoms with Crippen LogP contribution in [0, 0.1) is 6.92 Å². The Kier molecular flexibility index (Phi) is 5.26. The fourth-order valence-electron chi connectivity index (χ4n) is 2.59. The van der Waals surface area contributed by atoms with Crippen molar-refractivity contribution in [1.29, 1.82) is 0 Å². The maximum absolute atomic E-state index is 6.14. The lowest BCUT2D eigenvalue weighted by Gasteiger charge is -2.20. The van der Waals surface area contributed by atoms with Crippen LogP contribution in [0.1, 0.15) is 29.9 Å². The number of rotatable bonds is 6. The van der Waals surface area contributed by atoms with Crippen molar-refractivity contribution in [1.82, 2.24) is 15.1 Å². The number of likely N-dealkylation sites (N-methyl/N-ethyl adjacent to an activating group) is 1. The standard InChI is InChI=1S/C16H22ClN3O/c1-5-20-13(8-11(2)19-20)10-15(18-3)14-9-12(17)6-7-16(14)21-4/h6-9,15,18H,5,10H2,1-4H3. The van der Waals surface area contributed by atoms with Gasteiger partial charge in [0.1, 0.15) is 5.75 Å². The molecule has 0 radical (unpaired) electrons. The number of methoxy groups -OCH3 is 1. The van der Waals surface area contributed by atoms with Crippen molar-refractivity contribution in [3.05, 3.63) is 46.2 Å². The molecule has 0 amide bonds. The molecule has 0 fully saturated rings. The number of hydrogen-bond donors (Lipinski definition) is 1. The summed E-state index contributed by atoms with van der Waals surface area (Å²) in [5, 5.41) is 8.57. The van der Waals surface area contributed by atoms with Crippen LogP contribution in [-0.2, 0) is 13.0 Å². The van der Waals surface area contributed by atoms with E-state index >= 15 is 0 Å². The zero-order valence-corrected chi connectivity index (χ0v) is 13.7. The Labute approximate surface area is 131 Å². The number of ether oxygens (including phenoxy) is 1. The zero-order chi connectivity index (χ0) is 15.4. The molecule has 0 saturated carbocycles. The molecule has 0 saturated heterocycles. The average Bonchev–Trinajstić information content (AvgIpc) is 2.84. The van der Waals surface area contributed by atoms with Gasteiger partial charge in [-0.1, -0.05) is 11.6 Å². The molecule has 21 heavy (non-hydrogen) atoms. The van der Waals surface area contributed by atoms with Crippen molar-refractivity contribution in [2.75, 3.05) is 14.2 Å². The number of benzene rings is 1. The number of nitrogens with one attached hydrogen (secondary N) is 1. The van der Waals surface area contributed by atoms with E-state index in [1.807, 2.05) is 36.9 Å². The Bertz CT molecular complexity index is 610. The van der Waals surface area contributed by atoms with Crippen molar-refractivity contribution in [2.24, 2.45) is 0 Å². The number of nitrogens with zero attached hydrogens (tertiary/aromatic N) is 2. The summed E-state index contributed by atoms with van der Waals surface area (Å²) in [7, 11) is 3.63. The average molecular weight is 308 g/mol. The Morgan fingerprint density at radius 1 is 1.38 bits per heavy atom. The van der Waals surface area contributed by atoms with Crippen LogP contribution in [0.15, 0.2) is 24.3 Å². The number of aromatic nitrogens is 2. The fraction of sp³-hybridized carbons (Fsp3) is 0.438. The second kappa shape index (κ2) is 6.96. The highest BCUT2D eigenvalue weighted by molar-refractivity contribution is 6.30. The van der Waals surface area contributed by atoms with Crippen LogP contribution in [0.2, 0.25) is 5.02 Å². The van der Waals surface area contributed by atoms with Crippen molar-refractivity contribution < 1.29 is 4.74 Å².